The first-order valence-corrected chi connectivity index (χ1v) is 32.0. The lowest BCUT2D eigenvalue weighted by Gasteiger charge is -2.16. The molecule has 4 aromatic heterocycles. The minimum atomic E-state index is -1.79. The van der Waals surface area contributed by atoms with Gasteiger partial charge in [-0.15, -0.1) is 0 Å². The van der Waals surface area contributed by atoms with E-state index >= 15 is 0 Å². The molecule has 0 aliphatic rings. The molecule has 12 aromatic carbocycles. The van der Waals surface area contributed by atoms with Crippen LogP contribution >= 0.6 is 0 Å². The number of hydrogen-bond acceptors (Lipinski definition) is 9. The van der Waals surface area contributed by atoms with Crippen LogP contribution in [0, 0.1) is 96.7 Å². The molecule has 106 heavy (non-hydrogen) atoms. The molecule has 0 saturated heterocycles. The number of fused-ring (bicyclic) bond motifs is 10. The Hall–Kier alpha value is -16.2. The molecule has 16 rings (SSSR count). The number of benzene rings is 12. The van der Waals surface area contributed by atoms with E-state index in [2.05, 4.69) is 47.3 Å². The maximum absolute atomic E-state index is 15.0. The van der Waals surface area contributed by atoms with Crippen LogP contribution in [0.15, 0.2) is 224 Å². The summed E-state index contributed by atoms with van der Waals surface area (Å²) < 4.78 is 59.0. The Balaban J connectivity index is 0.000000170. The van der Waals surface area contributed by atoms with Crippen molar-refractivity contribution in [3.05, 3.63) is 333 Å². The SMILES string of the molecule is [C-]#[N+]c1ccc(-c2nc3cc([N+]#[C-])c4c(-c5ccc(-c6c(F)c(F)c([N+]#[C-])c(F)c6F)cc5)nc5ccccc5c4c3nc2-c2ccc(C#N)cc2)cc1.[C-]#[N+]c1ccc(-c2nc3cc([N+]#[C-])c4c(-c5ccc(-c6cc(C#N)cc([N+]#[C-])c6)cc5)nc5ccccc5c4c3nc2-c2ccc(C#N)cc2)cc1. The van der Waals surface area contributed by atoms with Crippen molar-refractivity contribution in [3.8, 4) is 108 Å². The van der Waals surface area contributed by atoms with Crippen LogP contribution in [-0.4, -0.2) is 29.9 Å². The second kappa shape index (κ2) is 27.1. The van der Waals surface area contributed by atoms with E-state index < -0.39 is 34.5 Å². The van der Waals surface area contributed by atoms with E-state index in [1.165, 1.54) is 24.3 Å². The summed E-state index contributed by atoms with van der Waals surface area (Å²) in [4.78, 5) is 51.7. The van der Waals surface area contributed by atoms with Crippen molar-refractivity contribution >= 4 is 99.5 Å². The highest BCUT2D eigenvalue weighted by molar-refractivity contribution is 6.27. The first-order chi connectivity index (χ1) is 51.8. The lowest BCUT2D eigenvalue weighted by Crippen LogP contribution is -2.00. The maximum Gasteiger partial charge on any atom is 0.262 e. The lowest BCUT2D eigenvalue weighted by molar-refractivity contribution is 0.465. The molecule has 488 valence electrons. The van der Waals surface area contributed by atoms with Gasteiger partial charge in [0.05, 0.1) is 142 Å². The number of pyridine rings is 2. The molecule has 0 aliphatic carbocycles. The highest BCUT2D eigenvalue weighted by Gasteiger charge is 2.29. The van der Waals surface area contributed by atoms with Gasteiger partial charge in [-0.1, -0.05) is 158 Å². The largest absolute Gasteiger partial charge is 0.262 e. The first-order valence-electron chi connectivity index (χ1n) is 32.0. The summed E-state index contributed by atoms with van der Waals surface area (Å²) in [5.74, 6) is -6.96. The molecule has 0 saturated carbocycles. The smallest absolute Gasteiger partial charge is 0.248 e. The fraction of sp³-hybridized carbons (Fsp3) is 0. The number of hydrogen-bond donors (Lipinski definition) is 0. The van der Waals surface area contributed by atoms with Crippen LogP contribution in [-0.2, 0) is 0 Å². The summed E-state index contributed by atoms with van der Waals surface area (Å²) in [5, 5.41) is 32.3. The van der Waals surface area contributed by atoms with Crippen LogP contribution in [0.25, 0.3) is 184 Å². The summed E-state index contributed by atoms with van der Waals surface area (Å²) in [6.45, 7) is 45.7. The molecule has 0 aliphatic heterocycles. The third-order valence-corrected chi connectivity index (χ3v) is 18.0. The monoisotopic (exact) mass is 1370 g/mol. The van der Waals surface area contributed by atoms with Gasteiger partial charge in [-0.05, 0) is 106 Å². The number of aromatic nitrogens is 6. The van der Waals surface area contributed by atoms with Gasteiger partial charge in [0.25, 0.3) is 5.69 Å². The summed E-state index contributed by atoms with van der Waals surface area (Å²) in [6, 6.07) is 71.3. The van der Waals surface area contributed by atoms with Crippen molar-refractivity contribution in [2.45, 2.75) is 0 Å². The standard InChI is InChI=1S/C44H20N8.C43H17F4N7/c1-47-33-18-16-31(17-19-33)42-43(30-10-8-26(24-45)9-11-30)52-44-38(51-42)23-37(49-3)40-39(44)35-6-4-5-7-36(35)50-41(40)29-14-12-28(13-15-29)32-20-27(25-46)21-34(22-32)48-2;1-49-27-18-16-26(17-19-27)40-41(25-10-8-22(21-48)9-11-25)54-42-31(53-40)20-30(50-2)34-33(42)28-6-4-5-7-29(28)52-39(34)24-14-12-23(13-15-24)32-35(44)37(46)43(51-3)38(47)36(32)45/h4-23H;4-20H. The lowest BCUT2D eigenvalue weighted by atomic mass is 9.95. The molecule has 4 heterocycles. The quantitative estimate of drug-likeness (QED) is 0.0620. The Labute approximate surface area is 600 Å². The molecule has 0 atom stereocenters. The molecule has 0 unspecified atom stereocenters. The molecule has 0 radical (unpaired) electrons. The van der Waals surface area contributed by atoms with E-state index in [9.17, 15) is 33.3 Å². The van der Waals surface area contributed by atoms with Crippen LogP contribution in [0.1, 0.15) is 16.7 Å². The number of rotatable bonds is 8. The molecule has 0 bridgehead atoms. The van der Waals surface area contributed by atoms with E-state index in [0.717, 1.165) is 44.1 Å². The average Bonchev–Trinajstić information content (AvgIpc) is 0.722. The van der Waals surface area contributed by atoms with Crippen LogP contribution in [0.2, 0.25) is 0 Å². The van der Waals surface area contributed by atoms with E-state index in [-0.39, 0.29) is 11.3 Å². The van der Waals surface area contributed by atoms with Crippen molar-refractivity contribution in [1.82, 2.24) is 29.9 Å². The fourth-order valence-corrected chi connectivity index (χ4v) is 13.0. The maximum atomic E-state index is 15.0. The van der Waals surface area contributed by atoms with Gasteiger partial charge in [0.1, 0.15) is 0 Å². The van der Waals surface area contributed by atoms with Gasteiger partial charge < -0.3 is 0 Å². The average molecular weight is 1370 g/mol. The minimum Gasteiger partial charge on any atom is -0.248 e. The molecule has 0 amide bonds. The highest BCUT2D eigenvalue weighted by atomic mass is 19.2. The van der Waals surface area contributed by atoms with E-state index in [0.29, 0.717) is 139 Å². The zero-order valence-corrected chi connectivity index (χ0v) is 54.6. The summed E-state index contributed by atoms with van der Waals surface area (Å²) in [5.41, 5.74) is 12.8. The molecule has 0 spiro atoms. The number of para-hydroxylation sites is 2. The van der Waals surface area contributed by atoms with Crippen molar-refractivity contribution < 1.29 is 17.6 Å². The predicted molar refractivity (Wildman–Crippen MR) is 400 cm³/mol. The van der Waals surface area contributed by atoms with Crippen LogP contribution < -0.4 is 0 Å². The van der Waals surface area contributed by atoms with Gasteiger partial charge in [0, 0.05) is 49.0 Å². The van der Waals surface area contributed by atoms with Gasteiger partial charge in [-0.3, -0.25) is 0 Å². The van der Waals surface area contributed by atoms with Gasteiger partial charge in [0.2, 0.25) is 0 Å². The number of nitrogens with zero attached hydrogens (tertiary/aromatic N) is 15. The fourth-order valence-electron chi connectivity index (χ4n) is 13.0. The zero-order valence-electron chi connectivity index (χ0n) is 54.6. The Bertz CT molecular complexity index is 6820. The Morgan fingerprint density at radius 2 is 0.623 bits per heavy atom. The molecular weight excluding hydrogens is 1330 g/mol. The third kappa shape index (κ3) is 11.5. The van der Waals surface area contributed by atoms with Crippen LogP contribution in [0.4, 0.5) is 51.7 Å². The Morgan fingerprint density at radius 1 is 0.274 bits per heavy atom. The molecular formula is C87H37F4N15. The summed E-state index contributed by atoms with van der Waals surface area (Å²) in [7, 11) is 0. The topological polar surface area (TPSA) is 175 Å². The molecule has 0 fully saturated rings. The minimum absolute atomic E-state index is 0.182. The van der Waals surface area contributed by atoms with Crippen LogP contribution in [0.5, 0.6) is 0 Å². The molecule has 19 heteroatoms. The number of nitriles is 3. The summed E-state index contributed by atoms with van der Waals surface area (Å²) >= 11 is 0. The third-order valence-electron chi connectivity index (χ3n) is 18.0. The van der Waals surface area contributed by atoms with Crippen LogP contribution in [0.3, 0.4) is 0 Å². The van der Waals surface area contributed by atoms with E-state index in [4.69, 9.17) is 69.3 Å². The van der Waals surface area contributed by atoms with Gasteiger partial charge in [0.15, 0.2) is 51.7 Å². The van der Waals surface area contributed by atoms with Crippen molar-refractivity contribution in [1.29, 1.82) is 15.8 Å². The highest BCUT2D eigenvalue weighted by Crippen LogP contribution is 2.48. The number of halogens is 4. The van der Waals surface area contributed by atoms with Crippen molar-refractivity contribution in [3.63, 3.8) is 0 Å². The molecule has 0 N–H and O–H groups in total. The van der Waals surface area contributed by atoms with Gasteiger partial charge >= 0.3 is 0 Å². The Morgan fingerprint density at radius 3 is 1.01 bits per heavy atom. The van der Waals surface area contributed by atoms with Gasteiger partial charge in [-0.25, -0.2) is 76.5 Å². The summed E-state index contributed by atoms with van der Waals surface area (Å²) in [6.07, 6.45) is 0. The Kier molecular flexibility index (Phi) is 16.8. The second-order valence-electron chi connectivity index (χ2n) is 24.0. The van der Waals surface area contributed by atoms with E-state index in [1.54, 1.807) is 115 Å². The normalized spacial score (nSPS) is 10.7. The molecule has 15 nitrogen and oxygen atoms in total. The van der Waals surface area contributed by atoms with Crippen molar-refractivity contribution in [2.75, 3.05) is 0 Å². The van der Waals surface area contributed by atoms with E-state index in [1.807, 2.05) is 84.9 Å². The molecule has 16 aromatic rings. The first kappa shape index (κ1) is 65.7. The van der Waals surface area contributed by atoms with Crippen molar-refractivity contribution in [2.24, 2.45) is 0 Å². The second-order valence-corrected chi connectivity index (χ2v) is 24.0. The predicted octanol–water partition coefficient (Wildman–Crippen LogP) is 23.5. The van der Waals surface area contributed by atoms with Gasteiger partial charge in [-0.2, -0.15) is 15.8 Å². The zero-order chi connectivity index (χ0) is 73.4.